The third-order valence-electron chi connectivity index (χ3n) is 9.69. The van der Waals surface area contributed by atoms with Gasteiger partial charge in [-0.15, -0.1) is 0 Å². The van der Waals surface area contributed by atoms with Gasteiger partial charge in [0.25, 0.3) is 6.92 Å². The van der Waals surface area contributed by atoms with Crippen LogP contribution in [0.25, 0.3) is 0 Å². The van der Waals surface area contributed by atoms with Crippen LogP contribution in [0.2, 0.25) is 12.6 Å². The summed E-state index contributed by atoms with van der Waals surface area (Å²) in [5, 5.41) is 0. The van der Waals surface area contributed by atoms with Gasteiger partial charge in [-0.1, -0.05) is 54.8 Å². The van der Waals surface area contributed by atoms with E-state index in [9.17, 15) is 0 Å². The summed E-state index contributed by atoms with van der Waals surface area (Å²) in [6.07, 6.45) is 6.19. The lowest BCUT2D eigenvalue weighted by atomic mass is 9.35. The van der Waals surface area contributed by atoms with Gasteiger partial charge in [0.15, 0.2) is 0 Å². The number of rotatable bonds is 3. The van der Waals surface area contributed by atoms with Crippen molar-refractivity contribution in [2.75, 3.05) is 0 Å². The van der Waals surface area contributed by atoms with Crippen molar-refractivity contribution in [3.05, 3.63) is 0 Å². The largest absolute Gasteiger partial charge is 0.433 e. The molecule has 6 saturated carbocycles. The maximum atomic E-state index is 6.74. The molecule has 0 N–H and O–H groups in total. The first-order chi connectivity index (χ1) is 10.6. The van der Waals surface area contributed by atoms with Gasteiger partial charge in [-0.3, -0.25) is 0 Å². The third-order valence-corrected chi connectivity index (χ3v) is 9.69. The first-order valence-electron chi connectivity index (χ1n) is 10.3. The Hall–Kier alpha value is 0.0249. The van der Waals surface area contributed by atoms with Gasteiger partial charge < -0.3 is 4.65 Å². The minimum atomic E-state index is 0.458. The van der Waals surface area contributed by atoms with E-state index in [2.05, 4.69) is 48.4 Å². The fourth-order valence-corrected chi connectivity index (χ4v) is 7.47. The van der Waals surface area contributed by atoms with Crippen LogP contribution in [-0.4, -0.2) is 13.0 Å². The molecule has 8 atom stereocenters. The molecular formula is C21H37BO. The van der Waals surface area contributed by atoms with E-state index in [1.807, 2.05) is 0 Å². The molecular weight excluding hydrogens is 279 g/mol. The van der Waals surface area contributed by atoms with E-state index < -0.39 is 0 Å². The van der Waals surface area contributed by atoms with E-state index in [4.69, 9.17) is 4.65 Å². The van der Waals surface area contributed by atoms with Crippen LogP contribution in [0.1, 0.15) is 67.2 Å². The molecule has 0 aliphatic heterocycles. The standard InChI is InChI=1S/C21H37BO/c1-12-16-8-14(20(16,3)4)10-18(12)22(7)23-19-11-15-9-17(13(19)2)21(15,5)6/h12-19H,8-11H2,1-7H3/t12-,13-,14+,15+,16-,17-,18-,19-/m1/s1. The lowest BCUT2D eigenvalue weighted by Gasteiger charge is -2.64. The van der Waals surface area contributed by atoms with Gasteiger partial charge in [0.2, 0.25) is 0 Å². The molecule has 4 bridgehead atoms. The molecule has 0 saturated heterocycles. The average molecular weight is 316 g/mol. The van der Waals surface area contributed by atoms with Crippen LogP contribution >= 0.6 is 0 Å². The van der Waals surface area contributed by atoms with E-state index in [-0.39, 0.29) is 0 Å². The molecule has 0 unspecified atom stereocenters. The minimum Gasteiger partial charge on any atom is -0.433 e. The summed E-state index contributed by atoms with van der Waals surface area (Å²) in [6, 6.07) is 0. The second kappa shape index (κ2) is 5.02. The predicted octanol–water partition coefficient (Wildman–Crippen LogP) is 5.77. The summed E-state index contributed by atoms with van der Waals surface area (Å²) < 4.78 is 6.74. The molecule has 6 aliphatic carbocycles. The van der Waals surface area contributed by atoms with E-state index in [1.54, 1.807) is 0 Å². The van der Waals surface area contributed by atoms with Crippen molar-refractivity contribution in [1.82, 2.24) is 0 Å². The highest BCUT2D eigenvalue weighted by atomic mass is 16.4. The second-order valence-electron chi connectivity index (χ2n) is 11.0. The summed E-state index contributed by atoms with van der Waals surface area (Å²) in [6.45, 7) is 17.8. The fraction of sp³-hybridized carbons (Fsp3) is 1.00. The third kappa shape index (κ3) is 2.15. The SMILES string of the molecule is CB(O[C@@H]1C[C@@H]2C[C@H]([C@H]1C)C2(C)C)[C@@H]1C[C@@H]2C[C@H]([C@H]1C)C2(C)C. The zero-order chi connectivity index (χ0) is 16.7. The Labute approximate surface area is 144 Å². The lowest BCUT2D eigenvalue weighted by Crippen LogP contribution is -2.59. The van der Waals surface area contributed by atoms with Crippen molar-refractivity contribution in [2.45, 2.75) is 86.0 Å². The molecule has 0 aromatic carbocycles. The molecule has 130 valence electrons. The summed E-state index contributed by atoms with van der Waals surface area (Å²) in [7, 11) is 0. The molecule has 6 aliphatic rings. The minimum absolute atomic E-state index is 0.458. The van der Waals surface area contributed by atoms with Crippen molar-refractivity contribution < 1.29 is 4.65 Å². The van der Waals surface area contributed by atoms with E-state index in [1.165, 1.54) is 25.7 Å². The molecule has 0 heterocycles. The Morgan fingerprint density at radius 2 is 1.30 bits per heavy atom. The summed E-state index contributed by atoms with van der Waals surface area (Å²) in [5.74, 6) is 6.10. The topological polar surface area (TPSA) is 9.23 Å². The highest BCUT2D eigenvalue weighted by molar-refractivity contribution is 6.52. The highest BCUT2D eigenvalue weighted by Gasteiger charge is 2.59. The van der Waals surface area contributed by atoms with Crippen LogP contribution in [0, 0.1) is 46.3 Å². The first kappa shape index (κ1) is 16.5. The van der Waals surface area contributed by atoms with Gasteiger partial charge in [0.1, 0.15) is 0 Å². The van der Waals surface area contributed by atoms with Crippen molar-refractivity contribution in [3.8, 4) is 0 Å². The van der Waals surface area contributed by atoms with Gasteiger partial charge in [0.05, 0.1) is 0 Å². The van der Waals surface area contributed by atoms with Crippen LogP contribution < -0.4 is 0 Å². The molecule has 0 spiro atoms. The smallest absolute Gasteiger partial charge is 0.293 e. The molecule has 0 aromatic rings. The Morgan fingerprint density at radius 3 is 1.78 bits per heavy atom. The number of hydrogen-bond acceptors (Lipinski definition) is 1. The molecule has 6 rings (SSSR count). The van der Waals surface area contributed by atoms with Crippen LogP contribution in [0.15, 0.2) is 0 Å². The second-order valence-corrected chi connectivity index (χ2v) is 11.0. The fourth-order valence-electron chi connectivity index (χ4n) is 7.47. The van der Waals surface area contributed by atoms with Crippen LogP contribution in [0.5, 0.6) is 0 Å². The van der Waals surface area contributed by atoms with Gasteiger partial charge in [0, 0.05) is 6.10 Å². The van der Waals surface area contributed by atoms with Crippen molar-refractivity contribution in [2.24, 2.45) is 46.3 Å². The molecule has 23 heavy (non-hydrogen) atoms. The quantitative estimate of drug-likeness (QED) is 0.601. The van der Waals surface area contributed by atoms with Gasteiger partial charge in [-0.2, -0.15) is 0 Å². The van der Waals surface area contributed by atoms with Crippen molar-refractivity contribution in [1.29, 1.82) is 0 Å². The monoisotopic (exact) mass is 316 g/mol. The lowest BCUT2D eigenvalue weighted by molar-refractivity contribution is -0.150. The highest BCUT2D eigenvalue weighted by Crippen LogP contribution is 2.66. The van der Waals surface area contributed by atoms with Crippen LogP contribution in [0.3, 0.4) is 0 Å². The molecule has 6 fully saturated rings. The summed E-state index contributed by atoms with van der Waals surface area (Å²) in [5.41, 5.74) is 1.17. The molecule has 1 nitrogen and oxygen atoms in total. The average Bonchev–Trinajstić information content (AvgIpc) is 2.47. The Morgan fingerprint density at radius 1 is 0.783 bits per heavy atom. The van der Waals surface area contributed by atoms with Gasteiger partial charge in [-0.05, 0) is 71.4 Å². The van der Waals surface area contributed by atoms with Gasteiger partial charge in [-0.25, -0.2) is 0 Å². The molecule has 0 aromatic heterocycles. The number of hydrogen-bond donors (Lipinski definition) is 0. The Kier molecular flexibility index (Phi) is 3.60. The predicted molar refractivity (Wildman–Crippen MR) is 98.6 cm³/mol. The zero-order valence-electron chi connectivity index (χ0n) is 16.4. The Balaban J connectivity index is 1.39. The molecule has 0 amide bonds. The first-order valence-corrected chi connectivity index (χ1v) is 10.3. The maximum Gasteiger partial charge on any atom is 0.293 e. The number of fused-ring (bicyclic) bond motifs is 4. The Bertz CT molecular complexity index is 484. The zero-order valence-corrected chi connectivity index (χ0v) is 16.4. The normalized spacial score (nSPS) is 52.3. The van der Waals surface area contributed by atoms with E-state index >= 15 is 0 Å². The van der Waals surface area contributed by atoms with Gasteiger partial charge >= 0.3 is 0 Å². The van der Waals surface area contributed by atoms with Crippen molar-refractivity contribution in [3.63, 3.8) is 0 Å². The van der Waals surface area contributed by atoms with Crippen molar-refractivity contribution >= 4 is 6.92 Å². The summed E-state index contributed by atoms with van der Waals surface area (Å²) in [4.78, 5) is 0. The van der Waals surface area contributed by atoms with E-state index in [0.717, 1.165) is 41.3 Å². The maximum absolute atomic E-state index is 6.74. The van der Waals surface area contributed by atoms with Crippen LogP contribution in [0.4, 0.5) is 0 Å². The van der Waals surface area contributed by atoms with Crippen LogP contribution in [-0.2, 0) is 4.65 Å². The van der Waals surface area contributed by atoms with E-state index in [0.29, 0.717) is 23.8 Å². The summed E-state index contributed by atoms with van der Waals surface area (Å²) >= 11 is 0. The molecule has 2 heteroatoms. The molecule has 0 radical (unpaired) electrons.